The van der Waals surface area contributed by atoms with Crippen LogP contribution in [0.2, 0.25) is 0 Å². The van der Waals surface area contributed by atoms with Gasteiger partial charge < -0.3 is 20.6 Å². The van der Waals surface area contributed by atoms with Gasteiger partial charge in [-0.15, -0.1) is 5.10 Å². The highest BCUT2D eigenvalue weighted by Crippen LogP contribution is 2.38. The summed E-state index contributed by atoms with van der Waals surface area (Å²) in [5, 5.41) is 27.3. The Bertz CT molecular complexity index is 2100. The number of aromatic nitrogens is 3. The van der Waals surface area contributed by atoms with Gasteiger partial charge >= 0.3 is 0 Å². The fourth-order valence-electron chi connectivity index (χ4n) is 6.03. The molecule has 252 valence electrons. The Morgan fingerprint density at radius 2 is 1.88 bits per heavy atom. The molecule has 18 heteroatoms. The lowest BCUT2D eigenvalue weighted by Gasteiger charge is -2.29. The third-order valence-corrected chi connectivity index (χ3v) is 9.52. The van der Waals surface area contributed by atoms with E-state index < -0.39 is 40.6 Å². The van der Waals surface area contributed by atoms with E-state index in [9.17, 15) is 33.3 Å². The number of benzene rings is 3. The fourth-order valence-corrected chi connectivity index (χ4v) is 6.98. The van der Waals surface area contributed by atoms with Gasteiger partial charge in [-0.25, -0.2) is 8.60 Å². The number of phenolic OH excluding ortho intramolecular Hbond substituents is 1. The van der Waals surface area contributed by atoms with E-state index in [0.29, 0.717) is 23.5 Å². The topological polar surface area (TPSA) is 208 Å². The third-order valence-electron chi connectivity index (χ3n) is 8.40. The van der Waals surface area contributed by atoms with Gasteiger partial charge in [0.15, 0.2) is 5.82 Å². The Morgan fingerprint density at radius 3 is 2.65 bits per heavy atom. The number of anilines is 3. The molecule has 2 unspecified atom stereocenters. The van der Waals surface area contributed by atoms with E-state index in [2.05, 4.69) is 31.0 Å². The molecule has 3 aliphatic rings. The van der Waals surface area contributed by atoms with E-state index in [1.165, 1.54) is 33.8 Å². The van der Waals surface area contributed by atoms with Crippen molar-refractivity contribution in [2.45, 2.75) is 44.9 Å². The number of nitrogens with one attached hydrogen (secondary N) is 4. The van der Waals surface area contributed by atoms with E-state index in [1.54, 1.807) is 18.3 Å². The molecule has 2 atom stereocenters. The molecule has 1 aromatic heterocycles. The standard InChI is InChI=1S/C31H28FN9O7S/c32-28-21-3-2-19(9-16(21)11-24(42)29(28)41-15-27(45)37-49(41)48)34-26(44)7-8-39-14-20(36-38-39)12-33-18-1-4-22-17(10-18)13-40(31(22)47)23-5-6-25(43)35-30(23)46/h1-4,9-11,14,23,33,42H,5-8,12-13,15H2,(H,34,44)(H,37,45)(H,35,43,46). The minimum absolute atomic E-state index is 0.0527. The predicted molar refractivity (Wildman–Crippen MR) is 172 cm³/mol. The van der Waals surface area contributed by atoms with Gasteiger partial charge in [-0.2, -0.15) is 0 Å². The average Bonchev–Trinajstić information content (AvgIpc) is 3.75. The molecule has 0 bridgehead atoms. The zero-order valence-electron chi connectivity index (χ0n) is 25.6. The summed E-state index contributed by atoms with van der Waals surface area (Å²) in [5.74, 6) is -3.31. The van der Waals surface area contributed by atoms with Crippen LogP contribution in [-0.4, -0.2) is 71.3 Å². The Hall–Kier alpha value is -5.91. The molecule has 7 rings (SSSR count). The molecule has 0 aliphatic carbocycles. The molecule has 5 N–H and O–H groups in total. The first-order valence-corrected chi connectivity index (χ1v) is 16.3. The molecule has 3 aromatic carbocycles. The number of hydrogen-bond acceptors (Lipinski definition) is 10. The second-order valence-corrected chi connectivity index (χ2v) is 12.8. The second kappa shape index (κ2) is 12.6. The summed E-state index contributed by atoms with van der Waals surface area (Å²) in [6.45, 7) is 0.435. The van der Waals surface area contributed by atoms with Gasteiger partial charge in [0, 0.05) is 41.7 Å². The number of fused-ring (bicyclic) bond motifs is 2. The van der Waals surface area contributed by atoms with Crippen molar-refractivity contribution in [3.8, 4) is 5.75 Å². The van der Waals surface area contributed by atoms with Crippen LogP contribution < -0.4 is 25.0 Å². The van der Waals surface area contributed by atoms with Gasteiger partial charge in [0.25, 0.3) is 11.8 Å². The van der Waals surface area contributed by atoms with Crippen molar-refractivity contribution in [2.75, 3.05) is 21.5 Å². The van der Waals surface area contributed by atoms with Crippen LogP contribution >= 0.6 is 0 Å². The van der Waals surface area contributed by atoms with Crippen LogP contribution in [0.1, 0.15) is 40.9 Å². The van der Waals surface area contributed by atoms with E-state index in [-0.39, 0.29) is 73.1 Å². The monoisotopic (exact) mass is 689 g/mol. The van der Waals surface area contributed by atoms with Crippen LogP contribution in [0.25, 0.3) is 10.8 Å². The molecular weight excluding hydrogens is 661 g/mol. The number of nitrogens with zero attached hydrogens (tertiary/aromatic N) is 5. The maximum atomic E-state index is 15.3. The van der Waals surface area contributed by atoms with Crippen LogP contribution in [0.3, 0.4) is 0 Å². The van der Waals surface area contributed by atoms with Gasteiger partial charge in [0.1, 0.15) is 29.7 Å². The summed E-state index contributed by atoms with van der Waals surface area (Å²) in [5.41, 5.74) is 2.63. The normalized spacial score (nSPS) is 18.9. The zero-order chi connectivity index (χ0) is 34.4. The Kier molecular flexibility index (Phi) is 8.15. The minimum Gasteiger partial charge on any atom is -0.506 e. The van der Waals surface area contributed by atoms with E-state index in [1.807, 2.05) is 6.07 Å². The number of halogens is 1. The second-order valence-electron chi connectivity index (χ2n) is 11.7. The number of carbonyl (C=O) groups is 5. The summed E-state index contributed by atoms with van der Waals surface area (Å²) in [4.78, 5) is 62.5. The van der Waals surface area contributed by atoms with Crippen LogP contribution in [0.15, 0.2) is 48.7 Å². The highest BCUT2D eigenvalue weighted by atomic mass is 32.2. The number of aryl methyl sites for hydroxylation is 1. The number of imide groups is 1. The van der Waals surface area contributed by atoms with Gasteiger partial charge in [0.05, 0.1) is 19.3 Å². The average molecular weight is 690 g/mol. The summed E-state index contributed by atoms with van der Waals surface area (Å²) in [7, 11) is 0. The van der Waals surface area contributed by atoms with Crippen molar-refractivity contribution in [3.63, 3.8) is 0 Å². The SMILES string of the molecule is O=C1CCC(N2Cc3cc(NCc4cn(CCC(=O)Nc5ccc6c(F)c(N7CC(=O)NS7=O)c(O)cc6c5)nn4)ccc3C2=O)C(=O)N1. The summed E-state index contributed by atoms with van der Waals surface area (Å²) in [6, 6.07) is 10.3. The van der Waals surface area contributed by atoms with Gasteiger partial charge in [0.2, 0.25) is 28.9 Å². The number of rotatable bonds is 9. The highest BCUT2D eigenvalue weighted by Gasteiger charge is 2.39. The quantitative estimate of drug-likeness (QED) is 0.159. The summed E-state index contributed by atoms with van der Waals surface area (Å²) < 4.78 is 32.0. The number of amides is 5. The molecule has 16 nitrogen and oxygen atoms in total. The van der Waals surface area contributed by atoms with Crippen molar-refractivity contribution in [1.82, 2.24) is 29.9 Å². The van der Waals surface area contributed by atoms with Gasteiger partial charge in [-0.05, 0) is 59.8 Å². The summed E-state index contributed by atoms with van der Waals surface area (Å²) in [6.07, 6.45) is 2.22. The minimum atomic E-state index is -2.02. The van der Waals surface area contributed by atoms with Gasteiger partial charge in [-0.1, -0.05) is 5.21 Å². The molecule has 0 spiro atoms. The van der Waals surface area contributed by atoms with Crippen LogP contribution in [0.4, 0.5) is 21.5 Å². The van der Waals surface area contributed by atoms with Crippen LogP contribution in [0, 0.1) is 5.82 Å². The molecule has 0 saturated carbocycles. The molecular formula is C31H28FN9O7S. The summed E-state index contributed by atoms with van der Waals surface area (Å²) >= 11 is -2.02. The number of piperidine rings is 1. The number of hydrogen-bond donors (Lipinski definition) is 5. The molecule has 49 heavy (non-hydrogen) atoms. The molecule has 2 saturated heterocycles. The Balaban J connectivity index is 0.921. The molecule has 3 aliphatic heterocycles. The van der Waals surface area contributed by atoms with Crippen LogP contribution in [-0.2, 0) is 50.0 Å². The van der Waals surface area contributed by atoms with E-state index >= 15 is 4.39 Å². The van der Waals surface area contributed by atoms with Crippen LogP contribution in [0.5, 0.6) is 5.75 Å². The highest BCUT2D eigenvalue weighted by molar-refractivity contribution is 7.85. The van der Waals surface area contributed by atoms with Crippen molar-refractivity contribution in [2.24, 2.45) is 0 Å². The van der Waals surface area contributed by atoms with Crippen molar-refractivity contribution in [3.05, 3.63) is 71.3 Å². The number of carbonyl (C=O) groups excluding carboxylic acids is 5. The van der Waals surface area contributed by atoms with Crippen molar-refractivity contribution < 1.29 is 37.7 Å². The zero-order valence-corrected chi connectivity index (χ0v) is 26.4. The molecule has 4 aromatic rings. The van der Waals surface area contributed by atoms with Crippen molar-refractivity contribution in [1.29, 1.82) is 0 Å². The fraction of sp³-hybridized carbons (Fsp3) is 0.258. The lowest BCUT2D eigenvalue weighted by atomic mass is 10.0. The third kappa shape index (κ3) is 6.24. The molecule has 5 amide bonds. The first-order valence-electron chi connectivity index (χ1n) is 15.2. The smallest absolute Gasteiger partial charge is 0.255 e. The lowest BCUT2D eigenvalue weighted by Crippen LogP contribution is -2.52. The first-order chi connectivity index (χ1) is 23.5. The molecule has 4 heterocycles. The van der Waals surface area contributed by atoms with Gasteiger partial charge in [-0.3, -0.25) is 43.0 Å². The predicted octanol–water partition coefficient (Wildman–Crippen LogP) is 1.19. The molecule has 0 radical (unpaired) electrons. The Labute approximate surface area is 279 Å². The lowest BCUT2D eigenvalue weighted by molar-refractivity contribution is -0.137. The first kappa shape index (κ1) is 31.7. The maximum absolute atomic E-state index is 15.3. The number of aromatic hydroxyl groups is 1. The van der Waals surface area contributed by atoms with E-state index in [0.717, 1.165) is 15.6 Å². The maximum Gasteiger partial charge on any atom is 0.255 e. The molecule has 2 fully saturated rings. The largest absolute Gasteiger partial charge is 0.506 e. The Morgan fingerprint density at radius 1 is 1.06 bits per heavy atom. The van der Waals surface area contributed by atoms with E-state index in [4.69, 9.17) is 0 Å². The van der Waals surface area contributed by atoms with Crippen molar-refractivity contribution >= 4 is 68.5 Å². The number of phenols is 1.